The highest BCUT2D eigenvalue weighted by molar-refractivity contribution is 7.89. The number of halogens is 1. The lowest BCUT2D eigenvalue weighted by Crippen LogP contribution is -2.33. The zero-order valence-electron chi connectivity index (χ0n) is 9.35. The van der Waals surface area contributed by atoms with Crippen LogP contribution in [0.15, 0.2) is 29.2 Å². The van der Waals surface area contributed by atoms with Gasteiger partial charge in [0.25, 0.3) is 0 Å². The summed E-state index contributed by atoms with van der Waals surface area (Å²) in [7, 11) is -3.73. The summed E-state index contributed by atoms with van der Waals surface area (Å²) >= 11 is 5.81. The van der Waals surface area contributed by atoms with Gasteiger partial charge in [0, 0.05) is 0 Å². The number of nitrogens with zero attached hydrogens (tertiary/aromatic N) is 1. The van der Waals surface area contributed by atoms with E-state index in [9.17, 15) is 8.42 Å². The Bertz CT molecular complexity index is 523. The molecule has 0 spiro atoms. The topological polar surface area (TPSA) is 70.0 Å². The normalized spacial score (nSPS) is 13.0. The Labute approximate surface area is 106 Å². The Morgan fingerprint density at radius 2 is 2.12 bits per heavy atom. The zero-order chi connectivity index (χ0) is 12.9. The summed E-state index contributed by atoms with van der Waals surface area (Å²) in [6, 6.07) is 7.33. The smallest absolute Gasteiger partial charge is 0.207 e. The molecule has 4 nitrogen and oxygen atoms in total. The molecule has 6 heteroatoms. The van der Waals surface area contributed by atoms with Gasteiger partial charge in [0.05, 0.1) is 11.1 Å². The molecule has 1 aromatic carbocycles. The first-order valence-corrected chi connectivity index (χ1v) is 7.04. The molecule has 1 atom stereocenters. The van der Waals surface area contributed by atoms with Gasteiger partial charge in [-0.2, -0.15) is 9.98 Å². The van der Waals surface area contributed by atoms with Crippen molar-refractivity contribution >= 4 is 21.6 Å². The van der Waals surface area contributed by atoms with E-state index < -0.39 is 16.1 Å². The minimum atomic E-state index is -3.73. The molecule has 17 heavy (non-hydrogen) atoms. The Kier molecular flexibility index (Phi) is 4.94. The minimum Gasteiger partial charge on any atom is -0.207 e. The Morgan fingerprint density at radius 1 is 1.47 bits per heavy atom. The van der Waals surface area contributed by atoms with Gasteiger partial charge >= 0.3 is 0 Å². The molecule has 92 valence electrons. The van der Waals surface area contributed by atoms with Crippen LogP contribution in [0.5, 0.6) is 0 Å². The molecule has 0 aliphatic rings. The fourth-order valence-corrected chi connectivity index (χ4v) is 3.05. The van der Waals surface area contributed by atoms with E-state index in [1.807, 2.05) is 13.0 Å². The third kappa shape index (κ3) is 3.70. The third-order valence-corrected chi connectivity index (χ3v) is 4.13. The van der Waals surface area contributed by atoms with Crippen LogP contribution in [0.25, 0.3) is 0 Å². The molecular weight excluding hydrogens is 260 g/mol. The number of hydrogen-bond donors (Lipinski definition) is 1. The van der Waals surface area contributed by atoms with Gasteiger partial charge in [0.1, 0.15) is 10.9 Å². The number of sulfonamides is 1. The molecule has 0 aromatic heterocycles. The highest BCUT2D eigenvalue weighted by Crippen LogP contribution is 2.20. The molecule has 1 aromatic rings. The largest absolute Gasteiger partial charge is 0.243 e. The van der Waals surface area contributed by atoms with Crippen LogP contribution in [-0.2, 0) is 10.0 Å². The van der Waals surface area contributed by atoms with Crippen LogP contribution in [0, 0.1) is 11.3 Å². The number of nitriles is 1. The first kappa shape index (κ1) is 14.0. The summed E-state index contributed by atoms with van der Waals surface area (Å²) in [5.41, 5.74) is 0. The van der Waals surface area contributed by atoms with E-state index in [4.69, 9.17) is 16.9 Å². The summed E-state index contributed by atoms with van der Waals surface area (Å²) in [5.74, 6) is 0. The van der Waals surface area contributed by atoms with Crippen LogP contribution in [0.3, 0.4) is 0 Å². The van der Waals surface area contributed by atoms with Crippen LogP contribution >= 0.6 is 11.6 Å². The molecule has 0 bridgehead atoms. The molecule has 0 aliphatic carbocycles. The summed E-state index contributed by atoms with van der Waals surface area (Å²) in [4.78, 5) is -0.00183. The molecular formula is C11H13ClN2O2S. The van der Waals surface area contributed by atoms with Crippen LogP contribution in [0.4, 0.5) is 0 Å². The number of rotatable bonds is 5. The van der Waals surface area contributed by atoms with E-state index >= 15 is 0 Å². The van der Waals surface area contributed by atoms with Crippen molar-refractivity contribution < 1.29 is 8.42 Å². The number of benzene rings is 1. The number of nitrogens with one attached hydrogen (secondary N) is 1. The van der Waals surface area contributed by atoms with Gasteiger partial charge < -0.3 is 0 Å². The maximum absolute atomic E-state index is 12.0. The summed E-state index contributed by atoms with van der Waals surface area (Å²) in [6.07, 6.45) is 1.20. The van der Waals surface area contributed by atoms with Crippen LogP contribution in [0.2, 0.25) is 5.02 Å². The predicted octanol–water partition coefficient (Wildman–Crippen LogP) is 2.31. The van der Waals surface area contributed by atoms with Gasteiger partial charge in [0.15, 0.2) is 0 Å². The van der Waals surface area contributed by atoms with E-state index in [1.54, 1.807) is 12.1 Å². The van der Waals surface area contributed by atoms with Crippen molar-refractivity contribution in [3.63, 3.8) is 0 Å². The van der Waals surface area contributed by atoms with Gasteiger partial charge in [-0.15, -0.1) is 0 Å². The summed E-state index contributed by atoms with van der Waals surface area (Å²) in [5, 5.41) is 8.97. The maximum atomic E-state index is 12.0. The van der Waals surface area contributed by atoms with E-state index in [0.717, 1.165) is 6.42 Å². The second-order valence-electron chi connectivity index (χ2n) is 3.52. The van der Waals surface area contributed by atoms with Crippen molar-refractivity contribution in [1.82, 2.24) is 4.72 Å². The summed E-state index contributed by atoms with van der Waals surface area (Å²) in [6.45, 7) is 1.88. The SMILES string of the molecule is CCC[C@@H](C#N)NS(=O)(=O)c1ccccc1Cl. The lowest BCUT2D eigenvalue weighted by Gasteiger charge is -2.11. The fraction of sp³-hybridized carbons (Fsp3) is 0.364. The maximum Gasteiger partial charge on any atom is 0.243 e. The molecule has 0 saturated heterocycles. The molecule has 0 saturated carbocycles. The molecule has 0 heterocycles. The van der Waals surface area contributed by atoms with Gasteiger partial charge in [-0.05, 0) is 18.6 Å². The Morgan fingerprint density at radius 3 is 2.65 bits per heavy atom. The van der Waals surface area contributed by atoms with Crippen LogP contribution < -0.4 is 4.72 Å². The van der Waals surface area contributed by atoms with Crippen molar-refractivity contribution in [2.75, 3.05) is 0 Å². The van der Waals surface area contributed by atoms with Gasteiger partial charge in [-0.25, -0.2) is 8.42 Å². The van der Waals surface area contributed by atoms with Gasteiger partial charge in [-0.1, -0.05) is 37.1 Å². The first-order valence-electron chi connectivity index (χ1n) is 5.17. The highest BCUT2D eigenvalue weighted by Gasteiger charge is 2.21. The molecule has 0 amide bonds. The average molecular weight is 273 g/mol. The standard InChI is InChI=1S/C11H13ClN2O2S/c1-2-5-9(8-13)14-17(15,16)11-7-4-3-6-10(11)12/h3-4,6-7,9,14H,2,5H2,1H3/t9-/m0/s1. The van der Waals surface area contributed by atoms with E-state index in [2.05, 4.69) is 4.72 Å². The van der Waals surface area contributed by atoms with Crippen molar-refractivity contribution in [3.8, 4) is 6.07 Å². The van der Waals surface area contributed by atoms with Crippen molar-refractivity contribution in [2.45, 2.75) is 30.7 Å². The zero-order valence-corrected chi connectivity index (χ0v) is 10.9. The van der Waals surface area contributed by atoms with E-state index in [1.165, 1.54) is 12.1 Å². The minimum absolute atomic E-state index is 0.00183. The lowest BCUT2D eigenvalue weighted by molar-refractivity contribution is 0.563. The van der Waals surface area contributed by atoms with E-state index in [0.29, 0.717) is 6.42 Å². The molecule has 1 rings (SSSR count). The second kappa shape index (κ2) is 6.01. The molecule has 0 aliphatic heterocycles. The monoisotopic (exact) mass is 272 g/mol. The van der Waals surface area contributed by atoms with Gasteiger partial charge in [0.2, 0.25) is 10.0 Å². The van der Waals surface area contributed by atoms with E-state index in [-0.39, 0.29) is 9.92 Å². The molecule has 0 fully saturated rings. The predicted molar refractivity (Wildman–Crippen MR) is 66.1 cm³/mol. The van der Waals surface area contributed by atoms with Crippen molar-refractivity contribution in [2.24, 2.45) is 0 Å². The Balaban J connectivity index is 2.98. The second-order valence-corrected chi connectivity index (χ2v) is 5.61. The van der Waals surface area contributed by atoms with Crippen LogP contribution in [0.1, 0.15) is 19.8 Å². The average Bonchev–Trinajstić information content (AvgIpc) is 2.28. The Hall–Kier alpha value is -1.09. The molecule has 0 radical (unpaired) electrons. The summed E-state index contributed by atoms with van der Waals surface area (Å²) < 4.78 is 26.2. The molecule has 1 N–H and O–H groups in total. The third-order valence-electron chi connectivity index (χ3n) is 2.16. The number of hydrogen-bond acceptors (Lipinski definition) is 3. The fourth-order valence-electron chi connectivity index (χ4n) is 1.35. The van der Waals surface area contributed by atoms with Gasteiger partial charge in [-0.3, -0.25) is 0 Å². The van der Waals surface area contributed by atoms with Crippen molar-refractivity contribution in [3.05, 3.63) is 29.3 Å². The quantitative estimate of drug-likeness (QED) is 0.894. The first-order chi connectivity index (χ1) is 8.01. The van der Waals surface area contributed by atoms with Crippen molar-refractivity contribution in [1.29, 1.82) is 5.26 Å². The lowest BCUT2D eigenvalue weighted by atomic mass is 10.2. The van der Waals surface area contributed by atoms with Crippen LogP contribution in [-0.4, -0.2) is 14.5 Å². The molecule has 0 unspecified atom stereocenters. The highest BCUT2D eigenvalue weighted by atomic mass is 35.5.